The lowest BCUT2D eigenvalue weighted by molar-refractivity contribution is -0.129. The number of hydrogen-bond donors (Lipinski definition) is 0. The maximum Gasteiger partial charge on any atom is 0.363 e. The number of rotatable bonds is 3. The van der Waals surface area contributed by atoms with Gasteiger partial charge in [-0.05, 0) is 42.0 Å². The van der Waals surface area contributed by atoms with Crippen LogP contribution in [0.5, 0.6) is 5.75 Å². The zero-order valence-electron chi connectivity index (χ0n) is 11.7. The monoisotopic (exact) mass is 357 g/mol. The molecule has 1 aliphatic heterocycles. The SMILES string of the molecule is COc1cccc(C2=N/C(=C/c3ccc(Br)cc3)C(=O)O2)c1. The van der Waals surface area contributed by atoms with Gasteiger partial charge in [-0.25, -0.2) is 9.79 Å². The molecule has 0 fully saturated rings. The molecule has 0 saturated heterocycles. The normalized spacial score (nSPS) is 15.6. The first-order chi connectivity index (χ1) is 10.7. The highest BCUT2D eigenvalue weighted by molar-refractivity contribution is 9.10. The second-order valence-electron chi connectivity index (χ2n) is 4.62. The van der Waals surface area contributed by atoms with Crippen LogP contribution >= 0.6 is 15.9 Å². The maximum atomic E-state index is 11.9. The number of carbonyl (C=O) groups excluding carboxylic acids is 1. The van der Waals surface area contributed by atoms with E-state index in [1.165, 1.54) is 0 Å². The Hall–Kier alpha value is -2.40. The highest BCUT2D eigenvalue weighted by Gasteiger charge is 2.24. The van der Waals surface area contributed by atoms with Crippen molar-refractivity contribution in [3.63, 3.8) is 0 Å². The molecule has 1 heterocycles. The maximum absolute atomic E-state index is 11.9. The molecule has 0 aromatic heterocycles. The second-order valence-corrected chi connectivity index (χ2v) is 5.54. The van der Waals surface area contributed by atoms with Crippen LogP contribution in [-0.2, 0) is 9.53 Å². The van der Waals surface area contributed by atoms with E-state index < -0.39 is 5.97 Å². The Morgan fingerprint density at radius 1 is 1.18 bits per heavy atom. The van der Waals surface area contributed by atoms with Gasteiger partial charge in [0, 0.05) is 10.0 Å². The molecule has 0 atom stereocenters. The summed E-state index contributed by atoms with van der Waals surface area (Å²) in [6, 6.07) is 14.8. The van der Waals surface area contributed by atoms with E-state index in [0.29, 0.717) is 11.3 Å². The molecular weight excluding hydrogens is 346 g/mol. The number of ether oxygens (including phenoxy) is 2. The fourth-order valence-electron chi connectivity index (χ4n) is 2.01. The minimum absolute atomic E-state index is 0.278. The fraction of sp³-hybridized carbons (Fsp3) is 0.0588. The molecule has 0 radical (unpaired) electrons. The van der Waals surface area contributed by atoms with Gasteiger partial charge in [-0.2, -0.15) is 0 Å². The number of methoxy groups -OCH3 is 1. The van der Waals surface area contributed by atoms with E-state index in [1.807, 2.05) is 42.5 Å². The lowest BCUT2D eigenvalue weighted by atomic mass is 10.2. The van der Waals surface area contributed by atoms with Gasteiger partial charge >= 0.3 is 5.97 Å². The minimum atomic E-state index is -0.458. The molecule has 0 N–H and O–H groups in total. The van der Waals surface area contributed by atoms with Gasteiger partial charge in [0.2, 0.25) is 5.90 Å². The molecule has 0 bridgehead atoms. The van der Waals surface area contributed by atoms with Gasteiger partial charge in [0.1, 0.15) is 5.75 Å². The Labute approximate surface area is 136 Å². The number of halogens is 1. The van der Waals surface area contributed by atoms with Gasteiger partial charge in [0.25, 0.3) is 0 Å². The van der Waals surface area contributed by atoms with E-state index >= 15 is 0 Å². The molecule has 0 aliphatic carbocycles. The Balaban J connectivity index is 1.92. The molecule has 1 aliphatic rings. The topological polar surface area (TPSA) is 47.9 Å². The molecule has 0 amide bonds. The van der Waals surface area contributed by atoms with Crippen molar-refractivity contribution >= 4 is 33.9 Å². The van der Waals surface area contributed by atoms with Gasteiger partial charge in [-0.3, -0.25) is 0 Å². The Bertz CT molecular complexity index is 779. The number of benzene rings is 2. The van der Waals surface area contributed by atoms with Gasteiger partial charge in [-0.1, -0.05) is 34.1 Å². The molecule has 110 valence electrons. The van der Waals surface area contributed by atoms with Crippen molar-refractivity contribution in [3.05, 3.63) is 69.8 Å². The third kappa shape index (κ3) is 3.09. The first-order valence-corrected chi connectivity index (χ1v) is 7.37. The number of nitrogens with zero attached hydrogens (tertiary/aromatic N) is 1. The summed E-state index contributed by atoms with van der Waals surface area (Å²) < 4.78 is 11.4. The third-order valence-electron chi connectivity index (χ3n) is 3.11. The van der Waals surface area contributed by atoms with E-state index in [-0.39, 0.29) is 11.6 Å². The molecule has 0 unspecified atom stereocenters. The molecule has 3 rings (SSSR count). The predicted molar refractivity (Wildman–Crippen MR) is 87.7 cm³/mol. The summed E-state index contributed by atoms with van der Waals surface area (Å²) in [5.41, 5.74) is 1.86. The molecule has 5 heteroatoms. The Kier molecular flexibility index (Phi) is 4.06. The van der Waals surface area contributed by atoms with Crippen molar-refractivity contribution in [1.82, 2.24) is 0 Å². The van der Waals surface area contributed by atoms with Crippen LogP contribution in [0.4, 0.5) is 0 Å². The van der Waals surface area contributed by atoms with Crippen LogP contribution < -0.4 is 4.74 Å². The number of aliphatic imine (C=N–C) groups is 1. The average molecular weight is 358 g/mol. The molecule has 2 aromatic carbocycles. The van der Waals surface area contributed by atoms with E-state index in [2.05, 4.69) is 20.9 Å². The highest BCUT2D eigenvalue weighted by atomic mass is 79.9. The van der Waals surface area contributed by atoms with E-state index in [4.69, 9.17) is 9.47 Å². The number of esters is 1. The van der Waals surface area contributed by atoms with Gasteiger partial charge in [0.05, 0.1) is 7.11 Å². The van der Waals surface area contributed by atoms with Crippen molar-refractivity contribution in [2.45, 2.75) is 0 Å². The summed E-state index contributed by atoms with van der Waals surface area (Å²) in [6.45, 7) is 0. The first-order valence-electron chi connectivity index (χ1n) is 6.58. The zero-order valence-corrected chi connectivity index (χ0v) is 13.3. The van der Waals surface area contributed by atoms with Crippen LogP contribution in [0.15, 0.2) is 63.7 Å². The summed E-state index contributed by atoms with van der Waals surface area (Å²) in [7, 11) is 1.58. The molecule has 2 aromatic rings. The number of carbonyl (C=O) groups is 1. The third-order valence-corrected chi connectivity index (χ3v) is 3.64. The summed E-state index contributed by atoms with van der Waals surface area (Å²) in [4.78, 5) is 16.2. The zero-order chi connectivity index (χ0) is 15.5. The van der Waals surface area contributed by atoms with Crippen LogP contribution in [0.1, 0.15) is 11.1 Å². The quantitative estimate of drug-likeness (QED) is 0.619. The summed E-state index contributed by atoms with van der Waals surface area (Å²) in [6.07, 6.45) is 1.70. The molecule has 0 spiro atoms. The van der Waals surface area contributed by atoms with Crippen LogP contribution in [0.3, 0.4) is 0 Å². The fourth-order valence-corrected chi connectivity index (χ4v) is 2.27. The Morgan fingerprint density at radius 2 is 1.95 bits per heavy atom. The minimum Gasteiger partial charge on any atom is -0.497 e. The number of hydrogen-bond acceptors (Lipinski definition) is 4. The van der Waals surface area contributed by atoms with Crippen molar-refractivity contribution in [2.75, 3.05) is 7.11 Å². The van der Waals surface area contributed by atoms with Gasteiger partial charge in [-0.15, -0.1) is 0 Å². The van der Waals surface area contributed by atoms with Crippen LogP contribution in [0, 0.1) is 0 Å². The van der Waals surface area contributed by atoms with E-state index in [0.717, 1.165) is 10.0 Å². The Morgan fingerprint density at radius 3 is 2.68 bits per heavy atom. The second kappa shape index (κ2) is 6.15. The highest BCUT2D eigenvalue weighted by Crippen LogP contribution is 2.22. The van der Waals surface area contributed by atoms with Crippen LogP contribution in [0.2, 0.25) is 0 Å². The lowest BCUT2D eigenvalue weighted by Gasteiger charge is -2.02. The molecule has 22 heavy (non-hydrogen) atoms. The summed E-state index contributed by atoms with van der Waals surface area (Å²) in [5.74, 6) is 0.509. The first kappa shape index (κ1) is 14.5. The van der Waals surface area contributed by atoms with Crippen molar-refractivity contribution in [3.8, 4) is 5.75 Å². The smallest absolute Gasteiger partial charge is 0.363 e. The summed E-state index contributed by atoms with van der Waals surface area (Å²) >= 11 is 3.37. The van der Waals surface area contributed by atoms with Crippen molar-refractivity contribution in [2.24, 2.45) is 4.99 Å². The predicted octanol–water partition coefficient (Wildman–Crippen LogP) is 3.80. The van der Waals surface area contributed by atoms with E-state index in [9.17, 15) is 4.79 Å². The van der Waals surface area contributed by atoms with Crippen molar-refractivity contribution in [1.29, 1.82) is 0 Å². The molecule has 0 saturated carbocycles. The van der Waals surface area contributed by atoms with Crippen LogP contribution in [0.25, 0.3) is 6.08 Å². The summed E-state index contributed by atoms with van der Waals surface area (Å²) in [5, 5.41) is 0. The van der Waals surface area contributed by atoms with Gasteiger partial charge in [0.15, 0.2) is 5.70 Å². The number of cyclic esters (lactones) is 1. The molecule has 4 nitrogen and oxygen atoms in total. The van der Waals surface area contributed by atoms with Gasteiger partial charge < -0.3 is 9.47 Å². The molecular formula is C17H12BrNO3. The van der Waals surface area contributed by atoms with E-state index in [1.54, 1.807) is 19.3 Å². The lowest BCUT2D eigenvalue weighted by Crippen LogP contribution is -2.05. The average Bonchev–Trinajstić information content (AvgIpc) is 2.91. The largest absolute Gasteiger partial charge is 0.497 e. The standard InChI is InChI=1S/C17H12BrNO3/c1-21-14-4-2-3-12(10-14)16-19-15(17(20)22-16)9-11-5-7-13(18)8-6-11/h2-10H,1H3/b15-9+. The van der Waals surface area contributed by atoms with Crippen molar-refractivity contribution < 1.29 is 14.3 Å². The van der Waals surface area contributed by atoms with Crippen LogP contribution in [-0.4, -0.2) is 19.0 Å².